The first kappa shape index (κ1) is 17.3. The number of imidazole rings is 1. The van der Waals surface area contributed by atoms with Crippen LogP contribution >= 0.6 is 0 Å². The third-order valence-electron chi connectivity index (χ3n) is 5.19. The van der Waals surface area contributed by atoms with Crippen LogP contribution in [0, 0.1) is 5.82 Å². The van der Waals surface area contributed by atoms with Crippen LogP contribution in [0.3, 0.4) is 0 Å². The molecule has 5 aromatic rings. The number of pyridine rings is 1. The molecule has 1 aliphatic heterocycles. The minimum absolute atomic E-state index is 0.299. The highest BCUT2D eigenvalue weighted by atomic mass is 19.1. The van der Waals surface area contributed by atoms with Crippen LogP contribution in [0.2, 0.25) is 0 Å². The fourth-order valence-electron chi connectivity index (χ4n) is 3.70. The van der Waals surface area contributed by atoms with E-state index in [1.54, 1.807) is 36.9 Å². The number of hydrogen-bond donors (Lipinski definition) is 4. The normalized spacial score (nSPS) is 13.0. The molecule has 6 rings (SSSR count). The first-order chi connectivity index (χ1) is 15.3. The van der Waals surface area contributed by atoms with Crippen molar-refractivity contribution >= 4 is 22.4 Å². The molecule has 1 aliphatic rings. The fraction of sp³-hybridized carbons (Fsp3) is 0. The summed E-state index contributed by atoms with van der Waals surface area (Å²) in [5.41, 5.74) is 4.98. The Morgan fingerprint density at radius 3 is 2.81 bits per heavy atom. The molecule has 4 N–H and O–H groups in total. The van der Waals surface area contributed by atoms with Crippen LogP contribution in [-0.4, -0.2) is 35.3 Å². The molecule has 1 aromatic carbocycles. The van der Waals surface area contributed by atoms with Crippen LogP contribution in [0.25, 0.3) is 39.3 Å². The molecule has 0 atom stereocenters. The molecule has 150 valence electrons. The lowest BCUT2D eigenvalue weighted by molar-refractivity contribution is 0.624. The van der Waals surface area contributed by atoms with Crippen molar-refractivity contribution in [3.05, 3.63) is 84.3 Å². The van der Waals surface area contributed by atoms with Gasteiger partial charge in [-0.2, -0.15) is 10.2 Å². The van der Waals surface area contributed by atoms with E-state index >= 15 is 0 Å². The Bertz CT molecular complexity index is 1470. The Kier molecular flexibility index (Phi) is 3.79. The predicted molar refractivity (Wildman–Crippen MR) is 115 cm³/mol. The zero-order chi connectivity index (χ0) is 20.8. The van der Waals surface area contributed by atoms with Gasteiger partial charge in [0.2, 0.25) is 0 Å². The maximum absolute atomic E-state index is 14.5. The smallest absolute Gasteiger partial charge is 0.181 e. The molecule has 0 fully saturated rings. The van der Waals surface area contributed by atoms with E-state index in [2.05, 4.69) is 35.7 Å². The van der Waals surface area contributed by atoms with Gasteiger partial charge in [0.25, 0.3) is 0 Å². The van der Waals surface area contributed by atoms with E-state index in [0.29, 0.717) is 39.8 Å². The van der Waals surface area contributed by atoms with E-state index in [1.807, 2.05) is 24.3 Å². The van der Waals surface area contributed by atoms with Crippen LogP contribution < -0.4 is 5.32 Å². The monoisotopic (exact) mass is 410 g/mol. The van der Waals surface area contributed by atoms with E-state index in [4.69, 9.17) is 4.98 Å². The summed E-state index contributed by atoms with van der Waals surface area (Å²) in [6.45, 7) is 0. The van der Waals surface area contributed by atoms with Gasteiger partial charge in [-0.15, -0.1) is 0 Å². The number of benzene rings is 1. The van der Waals surface area contributed by atoms with Gasteiger partial charge in [0.15, 0.2) is 17.3 Å². The number of halogens is 1. The number of fused-ring (bicyclic) bond motifs is 2. The zero-order valence-corrected chi connectivity index (χ0v) is 16.0. The number of hydrogen-bond acceptors (Lipinski definition) is 5. The van der Waals surface area contributed by atoms with Crippen molar-refractivity contribution in [2.45, 2.75) is 0 Å². The summed E-state index contributed by atoms with van der Waals surface area (Å²) >= 11 is 0. The van der Waals surface area contributed by atoms with Gasteiger partial charge in [0, 0.05) is 40.9 Å². The van der Waals surface area contributed by atoms with E-state index < -0.39 is 0 Å². The number of aromatic nitrogens is 7. The van der Waals surface area contributed by atoms with Crippen molar-refractivity contribution < 1.29 is 4.39 Å². The summed E-state index contributed by atoms with van der Waals surface area (Å²) in [5.74, 6) is 0.871. The summed E-state index contributed by atoms with van der Waals surface area (Å²) in [4.78, 5) is 12.5. The van der Waals surface area contributed by atoms with Crippen LogP contribution in [0.15, 0.2) is 67.3 Å². The molecule has 4 aromatic heterocycles. The molecule has 31 heavy (non-hydrogen) atoms. The number of anilines is 1. The third kappa shape index (κ3) is 2.83. The molecule has 0 aliphatic carbocycles. The van der Waals surface area contributed by atoms with Crippen molar-refractivity contribution in [2.75, 3.05) is 5.32 Å². The summed E-state index contributed by atoms with van der Waals surface area (Å²) in [6, 6.07) is 8.66. The van der Waals surface area contributed by atoms with Gasteiger partial charge < -0.3 is 10.3 Å². The summed E-state index contributed by atoms with van der Waals surface area (Å²) < 4.78 is 14.5. The van der Waals surface area contributed by atoms with E-state index in [-0.39, 0.29) is 5.82 Å². The van der Waals surface area contributed by atoms with E-state index in [1.165, 1.54) is 6.07 Å². The number of aromatic amines is 3. The molecule has 0 bridgehead atoms. The fourth-order valence-corrected chi connectivity index (χ4v) is 3.70. The molecule has 8 nitrogen and oxygen atoms in total. The molecular formula is C22H15FN8. The van der Waals surface area contributed by atoms with Gasteiger partial charge in [0.05, 0.1) is 17.3 Å². The quantitative estimate of drug-likeness (QED) is 0.355. The summed E-state index contributed by atoms with van der Waals surface area (Å²) in [6.07, 6.45) is 10.7. The summed E-state index contributed by atoms with van der Waals surface area (Å²) in [7, 11) is 0. The van der Waals surface area contributed by atoms with Crippen LogP contribution in [0.5, 0.6) is 0 Å². The second-order valence-corrected chi connectivity index (χ2v) is 7.05. The van der Waals surface area contributed by atoms with Crippen molar-refractivity contribution in [1.82, 2.24) is 35.3 Å². The lowest BCUT2D eigenvalue weighted by Gasteiger charge is -2.07. The Balaban J connectivity index is 1.49. The van der Waals surface area contributed by atoms with Crippen molar-refractivity contribution in [1.29, 1.82) is 0 Å². The Morgan fingerprint density at radius 2 is 1.94 bits per heavy atom. The van der Waals surface area contributed by atoms with Crippen LogP contribution in [-0.2, 0) is 0 Å². The highest BCUT2D eigenvalue weighted by molar-refractivity contribution is 5.93. The minimum atomic E-state index is -0.299. The predicted octanol–water partition coefficient (Wildman–Crippen LogP) is 4.25. The average Bonchev–Trinajstić information content (AvgIpc) is 3.52. The zero-order valence-electron chi connectivity index (χ0n) is 16.0. The van der Waals surface area contributed by atoms with Gasteiger partial charge in [0.1, 0.15) is 11.5 Å². The molecule has 0 saturated carbocycles. The van der Waals surface area contributed by atoms with Crippen LogP contribution in [0.1, 0.15) is 11.3 Å². The topological polar surface area (TPSA) is 111 Å². The van der Waals surface area contributed by atoms with Crippen molar-refractivity contribution in [3.63, 3.8) is 0 Å². The number of allylic oxidation sites excluding steroid dienone is 2. The molecule has 9 heteroatoms. The van der Waals surface area contributed by atoms with Gasteiger partial charge in [-0.25, -0.2) is 14.4 Å². The third-order valence-corrected chi connectivity index (χ3v) is 5.19. The number of nitrogens with one attached hydrogen (secondary N) is 4. The highest BCUT2D eigenvalue weighted by Gasteiger charge is 2.21. The molecule has 0 saturated heterocycles. The second kappa shape index (κ2) is 6.77. The van der Waals surface area contributed by atoms with Gasteiger partial charge in [-0.3, -0.25) is 10.2 Å². The number of H-pyrrole nitrogens is 3. The van der Waals surface area contributed by atoms with E-state index in [0.717, 1.165) is 16.5 Å². The number of nitrogens with zero attached hydrogens (tertiary/aromatic N) is 4. The Labute approximate surface area is 175 Å². The largest absolute Gasteiger partial charge is 0.345 e. The molecule has 0 radical (unpaired) electrons. The average molecular weight is 410 g/mol. The highest BCUT2D eigenvalue weighted by Crippen LogP contribution is 2.35. The maximum atomic E-state index is 14.5. The van der Waals surface area contributed by atoms with E-state index in [9.17, 15) is 4.39 Å². The number of rotatable bonds is 3. The summed E-state index contributed by atoms with van der Waals surface area (Å²) in [5, 5.41) is 18.1. The first-order valence-corrected chi connectivity index (χ1v) is 9.60. The van der Waals surface area contributed by atoms with Gasteiger partial charge in [-0.1, -0.05) is 24.3 Å². The molecule has 0 unspecified atom stereocenters. The van der Waals surface area contributed by atoms with Gasteiger partial charge in [-0.05, 0) is 18.2 Å². The maximum Gasteiger partial charge on any atom is 0.181 e. The second-order valence-electron chi connectivity index (χ2n) is 7.05. The minimum Gasteiger partial charge on any atom is -0.345 e. The SMILES string of the molecule is Fc1ccccc1C1=CC=CNc2nc(-c3[nH]nc4ncc(-c5cn[nH]c5)cc34)[nH]c21. The molecule has 5 heterocycles. The van der Waals surface area contributed by atoms with Gasteiger partial charge >= 0.3 is 0 Å². The lowest BCUT2D eigenvalue weighted by atomic mass is 10.0. The first-order valence-electron chi connectivity index (χ1n) is 9.60. The lowest BCUT2D eigenvalue weighted by Crippen LogP contribution is -1.95. The molecule has 0 spiro atoms. The molecule has 0 amide bonds. The molecular weight excluding hydrogens is 395 g/mol. The standard InChI is InChI=1S/C22H15FN8/c23-17-6-2-1-4-14(17)15-5-3-7-24-21-18(15)28-22(29-21)19-16-8-12(13-10-26-27-11-13)9-25-20(16)31-30-19/h1-11,24H,(H,26,27)(H,28,29)(H,25,30,31). The van der Waals surface area contributed by atoms with Crippen molar-refractivity contribution in [2.24, 2.45) is 0 Å². The van der Waals surface area contributed by atoms with Crippen molar-refractivity contribution in [3.8, 4) is 22.6 Å². The van der Waals surface area contributed by atoms with Crippen LogP contribution in [0.4, 0.5) is 10.2 Å². The Hall–Kier alpha value is -4.53. The Morgan fingerprint density at radius 1 is 1.00 bits per heavy atom.